The number of halogens is 1. The van der Waals surface area contributed by atoms with E-state index in [4.69, 9.17) is 5.73 Å². The molecule has 1 aromatic heterocycles. The highest BCUT2D eigenvalue weighted by molar-refractivity contribution is 9.10. The monoisotopic (exact) mass is 273 g/mol. The zero-order valence-electron chi connectivity index (χ0n) is 9.20. The van der Waals surface area contributed by atoms with Crippen LogP contribution in [0, 0.1) is 0 Å². The molecule has 0 aromatic carbocycles. The number of hydrogen-bond donors (Lipinski definition) is 1. The summed E-state index contributed by atoms with van der Waals surface area (Å²) < 4.78 is 2.41. The molecule has 1 atom stereocenters. The Kier molecular flexibility index (Phi) is 4.04. The van der Waals surface area contributed by atoms with Gasteiger partial charge in [0.15, 0.2) is 5.78 Å². The van der Waals surface area contributed by atoms with Crippen LogP contribution < -0.4 is 5.73 Å². The van der Waals surface area contributed by atoms with E-state index >= 15 is 0 Å². The first-order valence-electron chi connectivity index (χ1n) is 5.01. The van der Waals surface area contributed by atoms with Crippen molar-refractivity contribution in [3.63, 3.8) is 0 Å². The van der Waals surface area contributed by atoms with E-state index in [9.17, 15) is 4.79 Å². The Morgan fingerprint density at radius 1 is 1.67 bits per heavy atom. The molecule has 5 heteroatoms. The van der Waals surface area contributed by atoms with E-state index in [0.29, 0.717) is 16.6 Å². The van der Waals surface area contributed by atoms with Gasteiger partial charge in [-0.3, -0.25) is 9.48 Å². The third kappa shape index (κ3) is 2.46. The topological polar surface area (TPSA) is 60.9 Å². The predicted octanol–water partition coefficient (Wildman–Crippen LogP) is 2.15. The van der Waals surface area contributed by atoms with Gasteiger partial charge < -0.3 is 5.73 Å². The molecule has 1 aromatic rings. The predicted molar refractivity (Wildman–Crippen MR) is 62.9 cm³/mol. The maximum absolute atomic E-state index is 12.0. The van der Waals surface area contributed by atoms with Crippen LogP contribution in [0.3, 0.4) is 0 Å². The standard InChI is InChI=1S/C10H16BrN3O/c1-4-8(12)10(15)9-7(11)5-13-14(9)6(2)3/h5-6,8H,4,12H2,1-3H3. The molecule has 1 unspecified atom stereocenters. The molecule has 84 valence electrons. The van der Waals surface area contributed by atoms with E-state index in [1.54, 1.807) is 10.9 Å². The maximum atomic E-state index is 12.0. The van der Waals surface area contributed by atoms with Crippen molar-refractivity contribution >= 4 is 21.7 Å². The second-order valence-corrected chi connectivity index (χ2v) is 4.61. The van der Waals surface area contributed by atoms with Crippen LogP contribution in [0.25, 0.3) is 0 Å². The average molecular weight is 274 g/mol. The van der Waals surface area contributed by atoms with Crippen molar-refractivity contribution in [2.75, 3.05) is 0 Å². The number of nitrogens with zero attached hydrogens (tertiary/aromatic N) is 2. The summed E-state index contributed by atoms with van der Waals surface area (Å²) in [5.41, 5.74) is 6.30. The lowest BCUT2D eigenvalue weighted by molar-refractivity contribution is 0.0946. The molecule has 0 spiro atoms. The third-order valence-corrected chi connectivity index (χ3v) is 2.83. The van der Waals surface area contributed by atoms with Gasteiger partial charge >= 0.3 is 0 Å². The summed E-state index contributed by atoms with van der Waals surface area (Å²) in [4.78, 5) is 12.0. The smallest absolute Gasteiger partial charge is 0.198 e. The highest BCUT2D eigenvalue weighted by Gasteiger charge is 2.22. The van der Waals surface area contributed by atoms with Crippen LogP contribution in [0.1, 0.15) is 43.7 Å². The largest absolute Gasteiger partial charge is 0.321 e. The first kappa shape index (κ1) is 12.4. The van der Waals surface area contributed by atoms with Crippen molar-refractivity contribution in [2.45, 2.75) is 39.3 Å². The van der Waals surface area contributed by atoms with E-state index in [1.807, 2.05) is 20.8 Å². The van der Waals surface area contributed by atoms with Gasteiger partial charge in [0.25, 0.3) is 0 Å². The summed E-state index contributed by atoms with van der Waals surface area (Å²) in [6.45, 7) is 5.86. The van der Waals surface area contributed by atoms with E-state index in [0.717, 1.165) is 0 Å². The lowest BCUT2D eigenvalue weighted by Gasteiger charge is -2.13. The van der Waals surface area contributed by atoms with Crippen molar-refractivity contribution in [3.05, 3.63) is 16.4 Å². The van der Waals surface area contributed by atoms with Crippen LogP contribution >= 0.6 is 15.9 Å². The molecule has 15 heavy (non-hydrogen) atoms. The number of carbonyl (C=O) groups excluding carboxylic acids is 1. The normalized spacial score (nSPS) is 13.2. The first-order valence-corrected chi connectivity index (χ1v) is 5.81. The molecule has 0 aliphatic heterocycles. The molecule has 0 saturated carbocycles. The van der Waals surface area contributed by atoms with Crippen molar-refractivity contribution in [2.24, 2.45) is 5.73 Å². The molecule has 0 aliphatic rings. The molecule has 0 bridgehead atoms. The minimum Gasteiger partial charge on any atom is -0.321 e. The summed E-state index contributed by atoms with van der Waals surface area (Å²) in [5, 5.41) is 4.15. The summed E-state index contributed by atoms with van der Waals surface area (Å²) >= 11 is 3.32. The Hall–Kier alpha value is -0.680. The Morgan fingerprint density at radius 3 is 2.73 bits per heavy atom. The van der Waals surface area contributed by atoms with Gasteiger partial charge in [0, 0.05) is 6.04 Å². The van der Waals surface area contributed by atoms with Crippen LogP contribution in [0.2, 0.25) is 0 Å². The molecule has 0 fully saturated rings. The molecule has 4 nitrogen and oxygen atoms in total. The van der Waals surface area contributed by atoms with Gasteiger partial charge in [0.05, 0.1) is 16.7 Å². The SMILES string of the molecule is CCC(N)C(=O)c1c(Br)cnn1C(C)C. The fourth-order valence-electron chi connectivity index (χ4n) is 1.32. The number of aromatic nitrogens is 2. The van der Waals surface area contributed by atoms with Crippen molar-refractivity contribution < 1.29 is 4.79 Å². The molecule has 1 heterocycles. The molecular formula is C10H16BrN3O. The third-order valence-electron chi connectivity index (χ3n) is 2.25. The van der Waals surface area contributed by atoms with Gasteiger partial charge in [-0.2, -0.15) is 5.10 Å². The van der Waals surface area contributed by atoms with E-state index in [1.165, 1.54) is 0 Å². The van der Waals surface area contributed by atoms with Gasteiger partial charge in [-0.05, 0) is 36.2 Å². The molecule has 0 saturated heterocycles. The number of carbonyl (C=O) groups is 1. The zero-order valence-corrected chi connectivity index (χ0v) is 10.8. The van der Waals surface area contributed by atoms with Gasteiger partial charge in [0.1, 0.15) is 5.69 Å². The van der Waals surface area contributed by atoms with Gasteiger partial charge in [-0.15, -0.1) is 0 Å². The van der Waals surface area contributed by atoms with Crippen molar-refractivity contribution in [1.29, 1.82) is 0 Å². The first-order chi connectivity index (χ1) is 6.99. The highest BCUT2D eigenvalue weighted by atomic mass is 79.9. The maximum Gasteiger partial charge on any atom is 0.198 e. The lowest BCUT2D eigenvalue weighted by Crippen LogP contribution is -2.32. The Bertz CT molecular complexity index is 360. The zero-order chi connectivity index (χ0) is 11.6. The fraction of sp³-hybridized carbons (Fsp3) is 0.600. The van der Waals surface area contributed by atoms with Crippen LogP contribution in [0.5, 0.6) is 0 Å². The molecule has 0 radical (unpaired) electrons. The summed E-state index contributed by atoms with van der Waals surface area (Å²) in [7, 11) is 0. The van der Waals surface area contributed by atoms with Crippen LogP contribution in [-0.4, -0.2) is 21.6 Å². The number of Topliss-reactive ketones (excluding diaryl/α,β-unsaturated/α-hetero) is 1. The molecular weight excluding hydrogens is 258 g/mol. The Morgan fingerprint density at radius 2 is 2.27 bits per heavy atom. The molecule has 1 rings (SSSR count). The average Bonchev–Trinajstić information content (AvgIpc) is 2.58. The molecule has 0 aliphatic carbocycles. The quantitative estimate of drug-likeness (QED) is 0.856. The minimum absolute atomic E-state index is 0.0597. The van der Waals surface area contributed by atoms with Crippen LogP contribution in [-0.2, 0) is 0 Å². The van der Waals surface area contributed by atoms with E-state index in [2.05, 4.69) is 21.0 Å². The van der Waals surface area contributed by atoms with Crippen LogP contribution in [0.15, 0.2) is 10.7 Å². The van der Waals surface area contributed by atoms with Crippen LogP contribution in [0.4, 0.5) is 0 Å². The fourth-order valence-corrected chi connectivity index (χ4v) is 1.79. The summed E-state index contributed by atoms with van der Waals surface area (Å²) in [6, 6.07) is -0.296. The lowest BCUT2D eigenvalue weighted by atomic mass is 10.1. The van der Waals surface area contributed by atoms with Gasteiger partial charge in [0.2, 0.25) is 0 Å². The number of ketones is 1. The Labute approximate surface area is 98.0 Å². The highest BCUT2D eigenvalue weighted by Crippen LogP contribution is 2.21. The number of nitrogens with two attached hydrogens (primary N) is 1. The summed E-state index contributed by atoms with van der Waals surface area (Å²) in [6.07, 6.45) is 2.27. The number of rotatable bonds is 4. The Balaban J connectivity index is 3.12. The van der Waals surface area contributed by atoms with Gasteiger partial charge in [-0.1, -0.05) is 6.92 Å². The van der Waals surface area contributed by atoms with E-state index in [-0.39, 0.29) is 11.8 Å². The molecule has 0 amide bonds. The van der Waals surface area contributed by atoms with E-state index < -0.39 is 6.04 Å². The molecule has 2 N–H and O–H groups in total. The van der Waals surface area contributed by atoms with Gasteiger partial charge in [-0.25, -0.2) is 0 Å². The van der Waals surface area contributed by atoms with Crippen molar-refractivity contribution in [3.8, 4) is 0 Å². The second-order valence-electron chi connectivity index (χ2n) is 3.76. The number of hydrogen-bond acceptors (Lipinski definition) is 3. The second kappa shape index (κ2) is 4.90. The minimum atomic E-state index is -0.449. The van der Waals surface area contributed by atoms with Crippen molar-refractivity contribution in [1.82, 2.24) is 9.78 Å². The summed E-state index contributed by atoms with van der Waals surface area (Å²) in [5.74, 6) is -0.0597.